The number of anilines is 1. The van der Waals surface area contributed by atoms with Gasteiger partial charge in [0.05, 0.1) is 7.11 Å². The van der Waals surface area contributed by atoms with Gasteiger partial charge in [-0.25, -0.2) is 4.79 Å². The smallest absolute Gasteiger partial charge is 0.321 e. The molecule has 0 spiro atoms. The Morgan fingerprint density at radius 3 is 2.48 bits per heavy atom. The van der Waals surface area contributed by atoms with Crippen LogP contribution in [0.25, 0.3) is 0 Å². The average molecular weight is 309 g/mol. The van der Waals surface area contributed by atoms with Crippen LogP contribution in [0, 0.1) is 0 Å². The molecule has 2 amide bonds. The van der Waals surface area contributed by atoms with Gasteiger partial charge in [0.15, 0.2) is 0 Å². The number of nitrogens with zero attached hydrogens (tertiary/aromatic N) is 2. The van der Waals surface area contributed by atoms with Crippen LogP contribution >= 0.6 is 11.8 Å². The highest BCUT2D eigenvalue weighted by Crippen LogP contribution is 2.25. The third-order valence-corrected chi connectivity index (χ3v) is 4.90. The zero-order chi connectivity index (χ0) is 15.4. The van der Waals surface area contributed by atoms with Crippen LogP contribution < -0.4 is 10.1 Å². The van der Waals surface area contributed by atoms with Crippen molar-refractivity contribution in [1.29, 1.82) is 0 Å². The first-order valence-electron chi connectivity index (χ1n) is 6.94. The molecule has 0 saturated carbocycles. The number of ether oxygens (including phenoxy) is 1. The first kappa shape index (κ1) is 16.0. The first-order chi connectivity index (χ1) is 10.0. The normalized spacial score (nSPS) is 21.7. The Kier molecular flexibility index (Phi) is 5.36. The molecule has 1 fully saturated rings. The Bertz CT molecular complexity index is 478. The second-order valence-electron chi connectivity index (χ2n) is 5.37. The number of carbonyl (C=O) groups excluding carboxylic acids is 1. The van der Waals surface area contributed by atoms with E-state index in [2.05, 4.69) is 30.6 Å². The lowest BCUT2D eigenvalue weighted by atomic mass is 10.2. The standard InChI is InChI=1S/C15H23N3O2S/c1-17(2)13-9-18(10-14(13)21-4)15(19)16-11-5-7-12(20-3)8-6-11/h5-8,13-14H,9-10H2,1-4H3,(H,16,19)/t13-,14+/m1/s1. The molecule has 0 aromatic heterocycles. The number of likely N-dealkylation sites (tertiary alicyclic amines) is 1. The molecule has 1 aliphatic heterocycles. The monoisotopic (exact) mass is 309 g/mol. The topological polar surface area (TPSA) is 44.8 Å². The molecule has 1 aromatic carbocycles. The van der Waals surface area contributed by atoms with E-state index in [1.54, 1.807) is 7.11 Å². The van der Waals surface area contributed by atoms with Crippen molar-refractivity contribution >= 4 is 23.5 Å². The predicted molar refractivity (Wildman–Crippen MR) is 88.4 cm³/mol. The van der Waals surface area contributed by atoms with Gasteiger partial charge in [0.25, 0.3) is 0 Å². The molecule has 0 unspecified atom stereocenters. The minimum absolute atomic E-state index is 0.0384. The third-order valence-electron chi connectivity index (χ3n) is 3.83. The molecule has 6 heteroatoms. The molecule has 116 valence electrons. The number of hydrogen-bond donors (Lipinski definition) is 1. The van der Waals surface area contributed by atoms with E-state index in [4.69, 9.17) is 4.74 Å². The lowest BCUT2D eigenvalue weighted by Gasteiger charge is -2.23. The highest BCUT2D eigenvalue weighted by Gasteiger charge is 2.35. The minimum atomic E-state index is -0.0384. The van der Waals surface area contributed by atoms with Crippen LogP contribution in [0.15, 0.2) is 24.3 Å². The Labute approximate surface area is 130 Å². The third kappa shape index (κ3) is 3.83. The van der Waals surface area contributed by atoms with Crippen molar-refractivity contribution < 1.29 is 9.53 Å². The van der Waals surface area contributed by atoms with Gasteiger partial charge in [-0.2, -0.15) is 11.8 Å². The van der Waals surface area contributed by atoms with E-state index < -0.39 is 0 Å². The molecule has 1 saturated heterocycles. The van der Waals surface area contributed by atoms with Crippen LogP contribution in [0.5, 0.6) is 5.75 Å². The van der Waals surface area contributed by atoms with Crippen molar-refractivity contribution in [3.8, 4) is 5.75 Å². The summed E-state index contributed by atoms with van der Waals surface area (Å²) in [4.78, 5) is 16.4. The fraction of sp³-hybridized carbons (Fsp3) is 0.533. The van der Waals surface area contributed by atoms with Gasteiger partial charge in [-0.1, -0.05) is 0 Å². The summed E-state index contributed by atoms with van der Waals surface area (Å²) in [5.74, 6) is 0.782. The van der Waals surface area contributed by atoms with E-state index in [0.29, 0.717) is 11.3 Å². The second-order valence-corrected chi connectivity index (χ2v) is 6.45. The van der Waals surface area contributed by atoms with Gasteiger partial charge in [-0.15, -0.1) is 0 Å². The molecule has 0 radical (unpaired) electrons. The largest absolute Gasteiger partial charge is 0.497 e. The number of carbonyl (C=O) groups is 1. The quantitative estimate of drug-likeness (QED) is 0.926. The van der Waals surface area contributed by atoms with E-state index in [9.17, 15) is 4.79 Å². The Balaban J connectivity index is 1.97. The average Bonchev–Trinajstić information content (AvgIpc) is 2.92. The summed E-state index contributed by atoms with van der Waals surface area (Å²) >= 11 is 1.82. The summed E-state index contributed by atoms with van der Waals surface area (Å²) < 4.78 is 5.11. The van der Waals surface area contributed by atoms with Gasteiger partial charge in [0.1, 0.15) is 5.75 Å². The summed E-state index contributed by atoms with van der Waals surface area (Å²) in [6.07, 6.45) is 2.10. The Hall–Kier alpha value is -1.40. The molecule has 21 heavy (non-hydrogen) atoms. The van der Waals surface area contributed by atoms with Crippen molar-refractivity contribution in [2.24, 2.45) is 0 Å². The molecule has 2 rings (SSSR count). The number of benzene rings is 1. The lowest BCUT2D eigenvalue weighted by Crippen LogP contribution is -2.38. The van der Waals surface area contributed by atoms with Crippen LogP contribution in [0.2, 0.25) is 0 Å². The molecule has 1 heterocycles. The molecular weight excluding hydrogens is 286 g/mol. The SMILES string of the molecule is COc1ccc(NC(=O)N2C[C@H](SC)[C@H](N(C)C)C2)cc1. The van der Waals surface area contributed by atoms with E-state index >= 15 is 0 Å². The van der Waals surface area contributed by atoms with E-state index in [0.717, 1.165) is 24.5 Å². The van der Waals surface area contributed by atoms with Crippen molar-refractivity contribution in [2.45, 2.75) is 11.3 Å². The predicted octanol–water partition coefficient (Wildman–Crippen LogP) is 2.20. The molecule has 5 nitrogen and oxygen atoms in total. The fourth-order valence-electron chi connectivity index (χ4n) is 2.53. The number of thioether (sulfide) groups is 1. The van der Waals surface area contributed by atoms with Gasteiger partial charge in [0.2, 0.25) is 0 Å². The highest BCUT2D eigenvalue weighted by atomic mass is 32.2. The molecule has 0 bridgehead atoms. The number of nitrogens with one attached hydrogen (secondary N) is 1. The molecule has 0 aliphatic carbocycles. The molecule has 2 atom stereocenters. The Morgan fingerprint density at radius 1 is 1.33 bits per heavy atom. The summed E-state index contributed by atoms with van der Waals surface area (Å²) in [7, 11) is 5.76. The van der Waals surface area contributed by atoms with Crippen molar-refractivity contribution in [1.82, 2.24) is 9.80 Å². The van der Waals surface area contributed by atoms with Crippen LogP contribution in [-0.4, -0.2) is 67.7 Å². The van der Waals surface area contributed by atoms with E-state index in [1.807, 2.05) is 40.9 Å². The van der Waals surface area contributed by atoms with E-state index in [-0.39, 0.29) is 6.03 Å². The van der Waals surface area contributed by atoms with Gasteiger partial charge < -0.3 is 19.9 Å². The number of likely N-dealkylation sites (N-methyl/N-ethyl adjacent to an activating group) is 1. The number of rotatable bonds is 4. The van der Waals surface area contributed by atoms with Crippen LogP contribution in [0.3, 0.4) is 0 Å². The zero-order valence-electron chi connectivity index (χ0n) is 13.0. The number of amides is 2. The first-order valence-corrected chi connectivity index (χ1v) is 8.23. The van der Waals surface area contributed by atoms with Gasteiger partial charge in [0, 0.05) is 30.1 Å². The van der Waals surface area contributed by atoms with Crippen molar-refractivity contribution in [2.75, 3.05) is 45.9 Å². The minimum Gasteiger partial charge on any atom is -0.497 e. The molecule has 1 N–H and O–H groups in total. The Morgan fingerprint density at radius 2 is 2.00 bits per heavy atom. The summed E-state index contributed by atoms with van der Waals surface area (Å²) in [5.41, 5.74) is 0.787. The maximum absolute atomic E-state index is 12.4. The van der Waals surface area contributed by atoms with Gasteiger partial charge >= 0.3 is 6.03 Å². The summed E-state index contributed by atoms with van der Waals surface area (Å²) in [5, 5.41) is 3.40. The number of urea groups is 1. The molecular formula is C15H23N3O2S. The highest BCUT2D eigenvalue weighted by molar-refractivity contribution is 7.99. The van der Waals surface area contributed by atoms with Crippen LogP contribution in [-0.2, 0) is 0 Å². The summed E-state index contributed by atoms with van der Waals surface area (Å²) in [6, 6.07) is 7.75. The number of methoxy groups -OCH3 is 1. The van der Waals surface area contributed by atoms with Crippen LogP contribution in [0.4, 0.5) is 10.5 Å². The maximum Gasteiger partial charge on any atom is 0.321 e. The van der Waals surface area contributed by atoms with Crippen molar-refractivity contribution in [3.05, 3.63) is 24.3 Å². The second kappa shape index (κ2) is 7.04. The van der Waals surface area contributed by atoms with Gasteiger partial charge in [-0.05, 0) is 44.6 Å². The van der Waals surface area contributed by atoms with E-state index in [1.165, 1.54) is 0 Å². The number of hydrogen-bond acceptors (Lipinski definition) is 4. The van der Waals surface area contributed by atoms with Crippen molar-refractivity contribution in [3.63, 3.8) is 0 Å². The lowest BCUT2D eigenvalue weighted by molar-refractivity contribution is 0.216. The maximum atomic E-state index is 12.4. The zero-order valence-corrected chi connectivity index (χ0v) is 13.8. The molecule has 1 aliphatic rings. The summed E-state index contributed by atoms with van der Waals surface area (Å²) in [6.45, 7) is 1.55. The molecule has 1 aromatic rings. The fourth-order valence-corrected chi connectivity index (χ4v) is 3.50. The van der Waals surface area contributed by atoms with Crippen LogP contribution in [0.1, 0.15) is 0 Å². The van der Waals surface area contributed by atoms with Gasteiger partial charge in [-0.3, -0.25) is 0 Å².